The van der Waals surface area contributed by atoms with Gasteiger partial charge in [-0.25, -0.2) is 4.79 Å². The van der Waals surface area contributed by atoms with Gasteiger partial charge in [-0.15, -0.1) is 0 Å². The van der Waals surface area contributed by atoms with Crippen molar-refractivity contribution in [1.29, 1.82) is 0 Å². The lowest BCUT2D eigenvalue weighted by atomic mass is 10.2. The third-order valence-corrected chi connectivity index (χ3v) is 2.49. The lowest BCUT2D eigenvalue weighted by molar-refractivity contribution is 0.0693. The normalized spacial score (nSPS) is 8.87. The first kappa shape index (κ1) is 14.5. The van der Waals surface area contributed by atoms with Gasteiger partial charge in [-0.1, -0.05) is 29.8 Å². The summed E-state index contributed by atoms with van der Waals surface area (Å²) < 4.78 is 6.25. The van der Waals surface area contributed by atoms with Crippen molar-refractivity contribution in [2.75, 3.05) is 7.11 Å². The van der Waals surface area contributed by atoms with Crippen molar-refractivity contribution >= 4 is 37.8 Å². The molecule has 0 unspecified atom stereocenters. The molecule has 5 heteroatoms. The molecule has 0 amide bonds. The van der Waals surface area contributed by atoms with Crippen LogP contribution in [0.2, 0.25) is 0 Å². The minimum absolute atomic E-state index is 0.128. The highest BCUT2D eigenvalue weighted by molar-refractivity contribution is 9.11. The second-order valence-corrected chi connectivity index (χ2v) is 4.04. The molecular weight excluding hydrogens is 328 g/mol. The summed E-state index contributed by atoms with van der Waals surface area (Å²) in [7, 11) is 1.43. The van der Waals surface area contributed by atoms with E-state index in [1.165, 1.54) is 13.2 Å². The second kappa shape index (κ2) is 6.85. The van der Waals surface area contributed by atoms with E-state index in [9.17, 15) is 4.79 Å². The number of ether oxygens (including phenoxy) is 1. The molecule has 0 bridgehead atoms. The topological polar surface area (TPSA) is 46.5 Å². The van der Waals surface area contributed by atoms with Crippen molar-refractivity contribution in [1.82, 2.24) is 0 Å². The maximum absolute atomic E-state index is 10.8. The monoisotopic (exact) mass is 338 g/mol. The van der Waals surface area contributed by atoms with Crippen LogP contribution in [0.15, 0.2) is 21.1 Å². The molecule has 1 N–H and O–H groups in total. The summed E-state index contributed by atoms with van der Waals surface area (Å²) in [5.74, 6) is -0.686. The van der Waals surface area contributed by atoms with Gasteiger partial charge in [0.25, 0.3) is 0 Å². The zero-order valence-corrected chi connectivity index (χ0v) is 11.8. The number of halogens is 2. The molecule has 0 fully saturated rings. The van der Waals surface area contributed by atoms with Gasteiger partial charge in [-0.3, -0.25) is 0 Å². The molecule has 0 saturated carbocycles. The molecule has 0 heterocycles. The van der Waals surface area contributed by atoms with E-state index in [-0.39, 0.29) is 5.56 Å². The lowest BCUT2D eigenvalue weighted by Gasteiger charge is -2.07. The van der Waals surface area contributed by atoms with Gasteiger partial charge < -0.3 is 9.84 Å². The number of aromatic carboxylic acids is 1. The van der Waals surface area contributed by atoms with Gasteiger partial charge >= 0.3 is 5.97 Å². The quantitative estimate of drug-likeness (QED) is 0.887. The lowest BCUT2D eigenvalue weighted by Crippen LogP contribution is -2.01. The Morgan fingerprint density at radius 1 is 1.33 bits per heavy atom. The second-order valence-electron chi connectivity index (χ2n) is 2.27. The minimum atomic E-state index is -1.01. The van der Waals surface area contributed by atoms with Gasteiger partial charge in [0.1, 0.15) is 11.3 Å². The highest BCUT2D eigenvalue weighted by atomic mass is 79.9. The molecule has 1 aromatic carbocycles. The Morgan fingerprint density at radius 3 is 2.27 bits per heavy atom. The molecule has 3 nitrogen and oxygen atoms in total. The van der Waals surface area contributed by atoms with Crippen LogP contribution in [-0.4, -0.2) is 18.2 Å². The first-order chi connectivity index (χ1) is 7.06. The fraction of sp³-hybridized carbons (Fsp3) is 0.300. The maximum Gasteiger partial charge on any atom is 0.339 e. The third-order valence-electron chi connectivity index (χ3n) is 1.44. The van der Waals surface area contributed by atoms with E-state index < -0.39 is 5.97 Å². The number of hydrogen-bond donors (Lipinski definition) is 1. The molecule has 0 saturated heterocycles. The molecule has 1 rings (SSSR count). The third kappa shape index (κ3) is 3.83. The predicted molar refractivity (Wildman–Crippen MR) is 66.7 cm³/mol. The molecule has 0 atom stereocenters. The molecule has 84 valence electrons. The number of hydrogen-bond acceptors (Lipinski definition) is 2. The van der Waals surface area contributed by atoms with Crippen LogP contribution < -0.4 is 4.74 Å². The summed E-state index contributed by atoms with van der Waals surface area (Å²) in [6.45, 7) is 4.00. The Labute approximate surface area is 106 Å². The van der Waals surface area contributed by atoms with Crippen LogP contribution in [-0.2, 0) is 0 Å². The summed E-state index contributed by atoms with van der Waals surface area (Å²) in [4.78, 5) is 10.8. The van der Waals surface area contributed by atoms with Crippen LogP contribution in [0, 0.1) is 0 Å². The fourth-order valence-corrected chi connectivity index (χ4v) is 2.31. The van der Waals surface area contributed by atoms with Crippen LogP contribution in [0.25, 0.3) is 0 Å². The van der Waals surface area contributed by atoms with Crippen molar-refractivity contribution in [2.24, 2.45) is 0 Å². The molecular formula is C10H12Br2O3. The van der Waals surface area contributed by atoms with Crippen LogP contribution in [0.3, 0.4) is 0 Å². The first-order valence-electron chi connectivity index (χ1n) is 4.32. The molecule has 1 aromatic rings. The highest BCUT2D eigenvalue weighted by Gasteiger charge is 2.14. The average Bonchev–Trinajstić information content (AvgIpc) is 2.19. The Kier molecular flexibility index (Phi) is 6.60. The number of methoxy groups -OCH3 is 1. The summed E-state index contributed by atoms with van der Waals surface area (Å²) in [6.07, 6.45) is 0. The van der Waals surface area contributed by atoms with Gasteiger partial charge in [-0.05, 0) is 28.1 Å². The summed E-state index contributed by atoms with van der Waals surface area (Å²) in [5, 5.41) is 8.82. The zero-order valence-electron chi connectivity index (χ0n) is 8.67. The SMILES string of the molecule is CC.COc1c(Br)cc(Br)cc1C(=O)O. The van der Waals surface area contributed by atoms with E-state index >= 15 is 0 Å². The van der Waals surface area contributed by atoms with E-state index in [0.717, 1.165) is 0 Å². The van der Waals surface area contributed by atoms with Gasteiger partial charge in [0, 0.05) is 4.47 Å². The number of benzene rings is 1. The van der Waals surface area contributed by atoms with Crippen molar-refractivity contribution in [2.45, 2.75) is 13.8 Å². The smallest absolute Gasteiger partial charge is 0.339 e. The Bertz CT molecular complexity index is 351. The molecule has 15 heavy (non-hydrogen) atoms. The molecule has 0 radical (unpaired) electrons. The Hall–Kier alpha value is -0.550. The van der Waals surface area contributed by atoms with Crippen LogP contribution >= 0.6 is 31.9 Å². The molecule has 0 spiro atoms. The number of carboxylic acids is 1. The first-order valence-corrected chi connectivity index (χ1v) is 5.91. The van der Waals surface area contributed by atoms with Crippen molar-refractivity contribution in [3.63, 3.8) is 0 Å². The van der Waals surface area contributed by atoms with E-state index in [1.807, 2.05) is 13.8 Å². The van der Waals surface area contributed by atoms with Crippen molar-refractivity contribution in [3.05, 3.63) is 26.6 Å². The Balaban J connectivity index is 0.000000921. The van der Waals surface area contributed by atoms with Gasteiger partial charge in [0.05, 0.1) is 11.6 Å². The van der Waals surface area contributed by atoms with Crippen molar-refractivity contribution < 1.29 is 14.6 Å². The predicted octanol–water partition coefficient (Wildman–Crippen LogP) is 3.94. The van der Waals surface area contributed by atoms with Crippen molar-refractivity contribution in [3.8, 4) is 5.75 Å². The maximum atomic E-state index is 10.8. The van der Waals surface area contributed by atoms with E-state index in [1.54, 1.807) is 6.07 Å². The molecule has 0 aromatic heterocycles. The molecule has 0 aliphatic heterocycles. The highest BCUT2D eigenvalue weighted by Crippen LogP contribution is 2.32. The number of carboxylic acid groups (broad SMARTS) is 1. The molecule has 0 aliphatic rings. The van der Waals surface area contributed by atoms with Crippen LogP contribution in [0.1, 0.15) is 24.2 Å². The summed E-state index contributed by atoms with van der Waals surface area (Å²) >= 11 is 6.40. The van der Waals surface area contributed by atoms with Gasteiger partial charge in [0.15, 0.2) is 0 Å². The van der Waals surface area contributed by atoms with E-state index in [2.05, 4.69) is 31.9 Å². The zero-order chi connectivity index (χ0) is 12.0. The van der Waals surface area contributed by atoms with E-state index in [4.69, 9.17) is 9.84 Å². The largest absolute Gasteiger partial charge is 0.495 e. The van der Waals surface area contributed by atoms with E-state index in [0.29, 0.717) is 14.7 Å². The molecule has 0 aliphatic carbocycles. The van der Waals surface area contributed by atoms with Crippen LogP contribution in [0.5, 0.6) is 5.75 Å². The fourth-order valence-electron chi connectivity index (χ4n) is 0.927. The number of carbonyl (C=O) groups is 1. The number of rotatable bonds is 2. The summed E-state index contributed by atoms with van der Waals surface area (Å²) in [5.41, 5.74) is 0.128. The summed E-state index contributed by atoms with van der Waals surface area (Å²) in [6, 6.07) is 3.22. The average molecular weight is 340 g/mol. The van der Waals surface area contributed by atoms with Crippen LogP contribution in [0.4, 0.5) is 0 Å². The Morgan fingerprint density at radius 2 is 1.87 bits per heavy atom. The minimum Gasteiger partial charge on any atom is -0.495 e. The standard InChI is InChI=1S/C8H6Br2O3.C2H6/c1-13-7-5(8(11)12)2-4(9)3-6(7)10;1-2/h2-3H,1H3,(H,11,12);1-2H3. The van der Waals surface area contributed by atoms with Gasteiger partial charge in [-0.2, -0.15) is 0 Å². The van der Waals surface area contributed by atoms with Gasteiger partial charge in [0.2, 0.25) is 0 Å².